The summed E-state index contributed by atoms with van der Waals surface area (Å²) in [4.78, 5) is 38.4. The van der Waals surface area contributed by atoms with Gasteiger partial charge < -0.3 is 14.2 Å². The minimum atomic E-state index is -0.774. The number of unbranched alkanes of at least 4 members (excludes halogenated alkanes) is 53. The minimum Gasteiger partial charge on any atom is -0.462 e. The van der Waals surface area contributed by atoms with Gasteiger partial charge in [-0.3, -0.25) is 14.4 Å². The molecule has 0 N–H and O–H groups in total. The summed E-state index contributed by atoms with van der Waals surface area (Å²) in [6, 6.07) is 0. The first-order chi connectivity index (χ1) is 39.5. The fourth-order valence-corrected chi connectivity index (χ4v) is 11.2. The number of carbonyl (C=O) groups excluding carboxylic acids is 3. The molecule has 0 rings (SSSR count). The third-order valence-corrected chi connectivity index (χ3v) is 16.7. The van der Waals surface area contributed by atoms with Gasteiger partial charge in [0.15, 0.2) is 6.10 Å². The second kappa shape index (κ2) is 69.4. The van der Waals surface area contributed by atoms with Crippen molar-refractivity contribution in [3.63, 3.8) is 0 Å². The Bertz CT molecular complexity index is 1290. The Hall–Kier alpha value is -2.11. The number of hydrogen-bond donors (Lipinski definition) is 0. The van der Waals surface area contributed by atoms with E-state index in [0.29, 0.717) is 19.3 Å². The van der Waals surface area contributed by atoms with E-state index in [2.05, 4.69) is 45.1 Å². The first-order valence-corrected chi connectivity index (χ1v) is 36.3. The summed E-state index contributed by atoms with van der Waals surface area (Å²) in [7, 11) is 0. The maximum absolute atomic E-state index is 12.9. The Morgan fingerprint density at radius 3 is 0.713 bits per heavy atom. The predicted octanol–water partition coefficient (Wildman–Crippen LogP) is 25.0. The first-order valence-electron chi connectivity index (χ1n) is 36.3. The van der Waals surface area contributed by atoms with E-state index in [4.69, 9.17) is 14.2 Å². The van der Waals surface area contributed by atoms with Gasteiger partial charge in [-0.15, -0.1) is 0 Å². The van der Waals surface area contributed by atoms with Crippen LogP contribution < -0.4 is 0 Å². The van der Waals surface area contributed by atoms with Crippen LogP contribution in [0.5, 0.6) is 0 Å². The van der Waals surface area contributed by atoms with E-state index in [9.17, 15) is 14.4 Å². The molecule has 0 amide bonds. The molecule has 0 aliphatic heterocycles. The van der Waals surface area contributed by atoms with Gasteiger partial charge in [0.05, 0.1) is 0 Å². The van der Waals surface area contributed by atoms with E-state index in [1.165, 1.54) is 295 Å². The highest BCUT2D eigenvalue weighted by atomic mass is 16.6. The van der Waals surface area contributed by atoms with Crippen molar-refractivity contribution in [3.8, 4) is 0 Å². The molecule has 0 aromatic carbocycles. The molecule has 1 unspecified atom stereocenters. The third kappa shape index (κ3) is 66.7. The van der Waals surface area contributed by atoms with Crippen molar-refractivity contribution >= 4 is 17.9 Å². The molecule has 472 valence electrons. The van der Waals surface area contributed by atoms with E-state index in [-0.39, 0.29) is 31.1 Å². The van der Waals surface area contributed by atoms with Crippen molar-refractivity contribution in [1.29, 1.82) is 0 Å². The zero-order valence-corrected chi connectivity index (χ0v) is 54.4. The molecule has 6 heteroatoms. The molecule has 0 saturated heterocycles. The normalized spacial score (nSPS) is 12.1. The van der Waals surface area contributed by atoms with Crippen molar-refractivity contribution in [1.82, 2.24) is 0 Å². The Kier molecular flexibility index (Phi) is 67.6. The molecule has 6 nitrogen and oxygen atoms in total. The van der Waals surface area contributed by atoms with E-state index >= 15 is 0 Å². The van der Waals surface area contributed by atoms with Gasteiger partial charge >= 0.3 is 17.9 Å². The molecule has 0 bridgehead atoms. The van der Waals surface area contributed by atoms with Crippen LogP contribution in [0.15, 0.2) is 24.3 Å². The lowest BCUT2D eigenvalue weighted by molar-refractivity contribution is -0.167. The summed E-state index contributed by atoms with van der Waals surface area (Å²) in [5.74, 6) is -0.852. The Balaban J connectivity index is 4.13. The summed E-state index contributed by atoms with van der Waals surface area (Å²) in [5.41, 5.74) is 0. The van der Waals surface area contributed by atoms with Crippen LogP contribution in [-0.2, 0) is 28.6 Å². The van der Waals surface area contributed by atoms with Crippen LogP contribution >= 0.6 is 0 Å². The van der Waals surface area contributed by atoms with Crippen molar-refractivity contribution < 1.29 is 28.6 Å². The summed E-state index contributed by atoms with van der Waals surface area (Å²) < 4.78 is 17.0. The largest absolute Gasteiger partial charge is 0.462 e. The van der Waals surface area contributed by atoms with Gasteiger partial charge in [0.1, 0.15) is 13.2 Å². The average molecular weight is 1130 g/mol. The molecule has 0 fully saturated rings. The molecule has 0 aromatic heterocycles. The predicted molar refractivity (Wildman–Crippen MR) is 349 cm³/mol. The molecule has 0 radical (unpaired) electrons. The van der Waals surface area contributed by atoms with Gasteiger partial charge in [-0.05, 0) is 51.4 Å². The summed E-state index contributed by atoms with van der Waals surface area (Å²) in [6.45, 7) is 6.69. The Morgan fingerprint density at radius 2 is 0.450 bits per heavy atom. The fourth-order valence-electron chi connectivity index (χ4n) is 11.2. The second-order valence-electron chi connectivity index (χ2n) is 24.9. The number of carbonyl (C=O) groups is 3. The summed E-state index contributed by atoms with van der Waals surface area (Å²) in [6.07, 6.45) is 85.1. The molecular weight excluding hydrogens is 985 g/mol. The van der Waals surface area contributed by atoms with Crippen LogP contribution in [0.1, 0.15) is 412 Å². The highest BCUT2D eigenvalue weighted by molar-refractivity contribution is 5.71. The molecule has 0 aliphatic carbocycles. The molecule has 0 saturated carbocycles. The van der Waals surface area contributed by atoms with Crippen LogP contribution in [0.4, 0.5) is 0 Å². The number of allylic oxidation sites excluding steroid dienone is 4. The molecule has 80 heavy (non-hydrogen) atoms. The molecule has 0 heterocycles. The zero-order chi connectivity index (χ0) is 57.8. The van der Waals surface area contributed by atoms with Crippen molar-refractivity contribution in [3.05, 3.63) is 24.3 Å². The van der Waals surface area contributed by atoms with Crippen LogP contribution in [-0.4, -0.2) is 37.2 Å². The second-order valence-corrected chi connectivity index (χ2v) is 24.9. The van der Waals surface area contributed by atoms with Gasteiger partial charge in [-0.25, -0.2) is 0 Å². The zero-order valence-electron chi connectivity index (χ0n) is 54.4. The number of rotatable bonds is 68. The maximum atomic E-state index is 12.9. The van der Waals surface area contributed by atoms with E-state index in [0.717, 1.165) is 77.0 Å². The molecule has 0 aromatic rings. The van der Waals surface area contributed by atoms with E-state index < -0.39 is 6.10 Å². The molecule has 0 spiro atoms. The third-order valence-electron chi connectivity index (χ3n) is 16.7. The van der Waals surface area contributed by atoms with Crippen molar-refractivity contribution in [2.45, 2.75) is 419 Å². The molecule has 0 aliphatic rings. The quantitative estimate of drug-likeness (QED) is 0.0261. The molecular formula is C74H140O6. The van der Waals surface area contributed by atoms with Crippen LogP contribution in [0, 0.1) is 0 Å². The van der Waals surface area contributed by atoms with Gasteiger partial charge in [0.25, 0.3) is 0 Å². The van der Waals surface area contributed by atoms with Crippen LogP contribution in [0.2, 0.25) is 0 Å². The topological polar surface area (TPSA) is 78.9 Å². The SMILES string of the molecule is CCCCC/C=C\C/C=C\CCCCCCCC(=O)OCC(COC(=O)CCCCCCCCCCCCCCCCCCCCCCCCCCCCCCCCC)OC(=O)CCCCCCCCCCCCCCCCCC. The average Bonchev–Trinajstić information content (AvgIpc) is 3.46. The summed E-state index contributed by atoms with van der Waals surface area (Å²) >= 11 is 0. The number of esters is 3. The summed E-state index contributed by atoms with van der Waals surface area (Å²) in [5, 5.41) is 0. The van der Waals surface area contributed by atoms with E-state index in [1.807, 2.05) is 0 Å². The van der Waals surface area contributed by atoms with Crippen LogP contribution in [0.3, 0.4) is 0 Å². The van der Waals surface area contributed by atoms with Gasteiger partial charge in [0, 0.05) is 19.3 Å². The van der Waals surface area contributed by atoms with Gasteiger partial charge in [-0.2, -0.15) is 0 Å². The molecule has 1 atom stereocenters. The first kappa shape index (κ1) is 77.9. The van der Waals surface area contributed by atoms with E-state index in [1.54, 1.807) is 0 Å². The monoisotopic (exact) mass is 1130 g/mol. The maximum Gasteiger partial charge on any atom is 0.306 e. The Morgan fingerprint density at radius 1 is 0.250 bits per heavy atom. The lowest BCUT2D eigenvalue weighted by Gasteiger charge is -2.18. The minimum absolute atomic E-state index is 0.0693. The van der Waals surface area contributed by atoms with Crippen molar-refractivity contribution in [2.75, 3.05) is 13.2 Å². The standard InChI is InChI=1S/C74H140O6/c1-4-7-10-13-16-19-22-25-28-30-31-32-33-34-35-36-37-38-39-40-41-42-43-44-47-49-52-55-58-61-64-67-73(76)79-70-71(69-78-72(75)66-63-60-57-54-51-48-45-27-24-21-18-15-12-9-6-3)80-74(77)68-65-62-59-56-53-50-46-29-26-23-20-17-14-11-8-5-2/h18,21,27,45,71H,4-17,19-20,22-26,28-44,46-70H2,1-3H3/b21-18-,45-27-. The number of hydrogen-bond acceptors (Lipinski definition) is 6. The fraction of sp³-hybridized carbons (Fsp3) is 0.905. The van der Waals surface area contributed by atoms with Crippen LogP contribution in [0.25, 0.3) is 0 Å². The van der Waals surface area contributed by atoms with Crippen molar-refractivity contribution in [2.24, 2.45) is 0 Å². The highest BCUT2D eigenvalue weighted by Gasteiger charge is 2.19. The number of ether oxygens (including phenoxy) is 3. The highest BCUT2D eigenvalue weighted by Crippen LogP contribution is 2.19. The lowest BCUT2D eigenvalue weighted by atomic mass is 10.0. The van der Waals surface area contributed by atoms with Gasteiger partial charge in [-0.1, -0.05) is 366 Å². The Labute approximate surface area is 500 Å². The smallest absolute Gasteiger partial charge is 0.306 e. The van der Waals surface area contributed by atoms with Gasteiger partial charge in [0.2, 0.25) is 0 Å². The lowest BCUT2D eigenvalue weighted by Crippen LogP contribution is -2.30.